The number of rotatable bonds is 0. The number of hydrogen-bond acceptors (Lipinski definition) is 2. The SMILES string of the molecule is CN1C[C@@H]2CC[C@](C)(C1)O2. The first-order valence-corrected chi connectivity index (χ1v) is 4.04. The number of ether oxygens (including phenoxy) is 1. The summed E-state index contributed by atoms with van der Waals surface area (Å²) in [6, 6.07) is 0. The molecule has 2 atom stereocenters. The Morgan fingerprint density at radius 2 is 2.40 bits per heavy atom. The van der Waals surface area contributed by atoms with E-state index in [1.807, 2.05) is 0 Å². The quantitative estimate of drug-likeness (QED) is 0.496. The molecule has 2 fully saturated rings. The average Bonchev–Trinajstić information content (AvgIpc) is 2.06. The van der Waals surface area contributed by atoms with Gasteiger partial charge in [-0.3, -0.25) is 0 Å². The topological polar surface area (TPSA) is 12.5 Å². The maximum atomic E-state index is 5.81. The molecule has 2 heteroatoms. The van der Waals surface area contributed by atoms with Gasteiger partial charge in [0.1, 0.15) is 0 Å². The van der Waals surface area contributed by atoms with Crippen LogP contribution in [-0.4, -0.2) is 36.7 Å². The van der Waals surface area contributed by atoms with Crippen LogP contribution in [0.4, 0.5) is 0 Å². The van der Waals surface area contributed by atoms with Crippen LogP contribution in [0.1, 0.15) is 19.8 Å². The Morgan fingerprint density at radius 1 is 1.60 bits per heavy atom. The second-order valence-corrected chi connectivity index (χ2v) is 3.93. The minimum Gasteiger partial charge on any atom is -0.369 e. The molecule has 2 aliphatic rings. The van der Waals surface area contributed by atoms with Gasteiger partial charge in [0.05, 0.1) is 11.7 Å². The van der Waals surface area contributed by atoms with E-state index in [2.05, 4.69) is 18.9 Å². The molecule has 0 spiro atoms. The lowest BCUT2D eigenvalue weighted by Gasteiger charge is -2.35. The maximum absolute atomic E-state index is 5.81. The van der Waals surface area contributed by atoms with Gasteiger partial charge in [-0.1, -0.05) is 0 Å². The number of hydrogen-bond donors (Lipinski definition) is 0. The van der Waals surface area contributed by atoms with Crippen molar-refractivity contribution in [1.29, 1.82) is 0 Å². The van der Waals surface area contributed by atoms with E-state index in [1.165, 1.54) is 12.8 Å². The van der Waals surface area contributed by atoms with E-state index in [4.69, 9.17) is 4.74 Å². The normalized spacial score (nSPS) is 48.0. The van der Waals surface area contributed by atoms with Crippen LogP contribution in [0.2, 0.25) is 0 Å². The number of nitrogens with zero attached hydrogens (tertiary/aromatic N) is 1. The Bertz CT molecular complexity index is 148. The molecule has 0 radical (unpaired) electrons. The average molecular weight is 141 g/mol. The summed E-state index contributed by atoms with van der Waals surface area (Å²) < 4.78 is 5.81. The van der Waals surface area contributed by atoms with Crippen LogP contribution in [0.15, 0.2) is 0 Å². The van der Waals surface area contributed by atoms with Crippen LogP contribution in [0, 0.1) is 0 Å². The lowest BCUT2D eigenvalue weighted by molar-refractivity contribution is -0.0915. The molecule has 0 unspecified atom stereocenters. The molecule has 0 N–H and O–H groups in total. The summed E-state index contributed by atoms with van der Waals surface area (Å²) in [4.78, 5) is 2.38. The van der Waals surface area contributed by atoms with Crippen LogP contribution in [0.5, 0.6) is 0 Å². The van der Waals surface area contributed by atoms with Gasteiger partial charge in [0.15, 0.2) is 0 Å². The molecule has 2 nitrogen and oxygen atoms in total. The molecule has 0 saturated carbocycles. The monoisotopic (exact) mass is 141 g/mol. The van der Waals surface area contributed by atoms with E-state index in [-0.39, 0.29) is 5.60 Å². The summed E-state index contributed by atoms with van der Waals surface area (Å²) in [6.07, 6.45) is 3.05. The predicted molar refractivity (Wildman–Crippen MR) is 40.0 cm³/mol. The third kappa shape index (κ3) is 0.956. The zero-order valence-corrected chi connectivity index (χ0v) is 6.76. The first-order valence-electron chi connectivity index (χ1n) is 4.04. The third-order valence-electron chi connectivity index (χ3n) is 2.57. The molecule has 2 heterocycles. The van der Waals surface area contributed by atoms with Crippen molar-refractivity contribution in [2.75, 3.05) is 20.1 Å². The van der Waals surface area contributed by atoms with E-state index in [9.17, 15) is 0 Å². The van der Waals surface area contributed by atoms with Crippen molar-refractivity contribution in [2.24, 2.45) is 0 Å². The van der Waals surface area contributed by atoms with Crippen LogP contribution in [-0.2, 0) is 4.74 Å². The highest BCUT2D eigenvalue weighted by molar-refractivity contribution is 4.92. The van der Waals surface area contributed by atoms with Crippen LogP contribution >= 0.6 is 0 Å². The molecule has 0 aromatic rings. The fourth-order valence-corrected chi connectivity index (χ4v) is 2.21. The van der Waals surface area contributed by atoms with Crippen molar-refractivity contribution in [3.8, 4) is 0 Å². The summed E-state index contributed by atoms with van der Waals surface area (Å²) in [6.45, 7) is 4.47. The van der Waals surface area contributed by atoms with Crippen molar-refractivity contribution >= 4 is 0 Å². The predicted octanol–water partition coefficient (Wildman–Crippen LogP) is 0.869. The minimum absolute atomic E-state index is 0.192. The highest BCUT2D eigenvalue weighted by Gasteiger charge is 2.41. The van der Waals surface area contributed by atoms with Crippen molar-refractivity contribution in [3.63, 3.8) is 0 Å². The van der Waals surface area contributed by atoms with E-state index in [0.717, 1.165) is 13.1 Å². The van der Waals surface area contributed by atoms with Gasteiger partial charge in [0.25, 0.3) is 0 Å². The van der Waals surface area contributed by atoms with Gasteiger partial charge in [-0.2, -0.15) is 0 Å². The number of likely N-dealkylation sites (tertiary alicyclic amines) is 1. The minimum atomic E-state index is 0.192. The summed E-state index contributed by atoms with van der Waals surface area (Å²) in [5.74, 6) is 0. The van der Waals surface area contributed by atoms with Crippen molar-refractivity contribution in [1.82, 2.24) is 4.90 Å². The lowest BCUT2D eigenvalue weighted by atomic mass is 10.0. The maximum Gasteiger partial charge on any atom is 0.0786 e. The molecular weight excluding hydrogens is 126 g/mol. The zero-order chi connectivity index (χ0) is 7.19. The van der Waals surface area contributed by atoms with Crippen molar-refractivity contribution in [3.05, 3.63) is 0 Å². The van der Waals surface area contributed by atoms with E-state index >= 15 is 0 Å². The van der Waals surface area contributed by atoms with Crippen LogP contribution in [0.25, 0.3) is 0 Å². The molecule has 0 aromatic carbocycles. The molecule has 2 saturated heterocycles. The number of morpholine rings is 1. The van der Waals surface area contributed by atoms with Gasteiger partial charge < -0.3 is 9.64 Å². The van der Waals surface area contributed by atoms with E-state index in [0.29, 0.717) is 6.10 Å². The third-order valence-corrected chi connectivity index (χ3v) is 2.57. The zero-order valence-electron chi connectivity index (χ0n) is 6.76. The largest absolute Gasteiger partial charge is 0.369 e. The summed E-state index contributed by atoms with van der Waals surface area (Å²) in [5, 5.41) is 0. The van der Waals surface area contributed by atoms with Gasteiger partial charge >= 0.3 is 0 Å². The molecular formula is C8H15NO. The van der Waals surface area contributed by atoms with Gasteiger partial charge in [-0.05, 0) is 26.8 Å². The molecule has 10 heavy (non-hydrogen) atoms. The Balaban J connectivity index is 2.13. The van der Waals surface area contributed by atoms with Crippen molar-refractivity contribution < 1.29 is 4.74 Å². The van der Waals surface area contributed by atoms with Gasteiger partial charge in [-0.25, -0.2) is 0 Å². The Morgan fingerprint density at radius 3 is 3.10 bits per heavy atom. The molecule has 2 bridgehead atoms. The smallest absolute Gasteiger partial charge is 0.0786 e. The van der Waals surface area contributed by atoms with Gasteiger partial charge in [0, 0.05) is 13.1 Å². The molecule has 0 amide bonds. The Labute approximate surface area is 62.2 Å². The fourth-order valence-electron chi connectivity index (χ4n) is 2.21. The molecule has 2 aliphatic heterocycles. The second-order valence-electron chi connectivity index (χ2n) is 3.93. The molecule has 0 aromatic heterocycles. The fraction of sp³-hybridized carbons (Fsp3) is 1.00. The van der Waals surface area contributed by atoms with Gasteiger partial charge in [-0.15, -0.1) is 0 Å². The Kier molecular flexibility index (Phi) is 1.29. The summed E-state index contributed by atoms with van der Waals surface area (Å²) in [7, 11) is 2.18. The van der Waals surface area contributed by atoms with E-state index < -0.39 is 0 Å². The molecule has 58 valence electrons. The highest BCUT2D eigenvalue weighted by Crippen LogP contribution is 2.34. The number of likely N-dealkylation sites (N-methyl/N-ethyl adjacent to an activating group) is 1. The van der Waals surface area contributed by atoms with Crippen LogP contribution in [0.3, 0.4) is 0 Å². The second kappa shape index (κ2) is 1.95. The number of fused-ring (bicyclic) bond motifs is 2. The highest BCUT2D eigenvalue weighted by atomic mass is 16.5. The summed E-state index contributed by atoms with van der Waals surface area (Å²) >= 11 is 0. The van der Waals surface area contributed by atoms with Gasteiger partial charge in [0.2, 0.25) is 0 Å². The first kappa shape index (κ1) is 6.62. The van der Waals surface area contributed by atoms with Crippen molar-refractivity contribution in [2.45, 2.75) is 31.5 Å². The molecule has 0 aliphatic carbocycles. The standard InChI is InChI=1S/C8H15NO/c1-8-4-3-7(10-8)5-9(2)6-8/h7H,3-6H2,1-2H3/t7-,8+/m0/s1. The molecule has 2 rings (SSSR count). The Hall–Kier alpha value is -0.0800. The lowest BCUT2D eigenvalue weighted by Crippen LogP contribution is -2.46. The first-order chi connectivity index (χ1) is 4.68. The summed E-state index contributed by atoms with van der Waals surface area (Å²) in [5.41, 5.74) is 0.192. The van der Waals surface area contributed by atoms with Crippen LogP contribution < -0.4 is 0 Å². The van der Waals surface area contributed by atoms with E-state index in [1.54, 1.807) is 0 Å².